The molecule has 2 aromatic carbocycles. The number of carbonyl (C=O) groups is 1. The maximum absolute atomic E-state index is 14.3. The molecule has 0 radical (unpaired) electrons. The van der Waals surface area contributed by atoms with Crippen LogP contribution in [0.3, 0.4) is 0 Å². The Morgan fingerprint density at radius 2 is 1.77 bits per heavy atom. The van der Waals surface area contributed by atoms with Gasteiger partial charge in [0.05, 0.1) is 24.3 Å². The van der Waals surface area contributed by atoms with E-state index in [-0.39, 0.29) is 11.5 Å². The Hall–Kier alpha value is -3.25. The summed E-state index contributed by atoms with van der Waals surface area (Å²) in [6.45, 7) is 2.69. The highest BCUT2D eigenvalue weighted by Gasteiger charge is 2.46. The van der Waals surface area contributed by atoms with Crippen molar-refractivity contribution in [2.45, 2.75) is 38.1 Å². The van der Waals surface area contributed by atoms with E-state index >= 15 is 0 Å². The molecule has 35 heavy (non-hydrogen) atoms. The Kier molecular flexibility index (Phi) is 6.82. The molecule has 2 saturated heterocycles. The highest BCUT2D eigenvalue weighted by atomic mass is 16.5. The van der Waals surface area contributed by atoms with E-state index < -0.39 is 0 Å². The Morgan fingerprint density at radius 3 is 2.49 bits per heavy atom. The van der Waals surface area contributed by atoms with Crippen molar-refractivity contribution in [2.75, 3.05) is 33.8 Å². The number of ether oxygens (including phenoxy) is 1. The van der Waals surface area contributed by atoms with Gasteiger partial charge in [-0.25, -0.2) is 9.97 Å². The summed E-state index contributed by atoms with van der Waals surface area (Å²) in [4.78, 5) is 28.2. The van der Waals surface area contributed by atoms with Gasteiger partial charge in [-0.2, -0.15) is 0 Å². The predicted octanol–water partition coefficient (Wildman–Crippen LogP) is 4.77. The minimum absolute atomic E-state index is 0.00481. The van der Waals surface area contributed by atoms with E-state index in [4.69, 9.17) is 9.72 Å². The molecule has 5 rings (SSSR count). The molecule has 3 heterocycles. The molecule has 1 aromatic heterocycles. The quantitative estimate of drug-likeness (QED) is 0.519. The van der Waals surface area contributed by atoms with Crippen molar-refractivity contribution in [3.8, 4) is 17.1 Å². The van der Waals surface area contributed by atoms with Crippen LogP contribution in [0.1, 0.15) is 43.0 Å². The van der Waals surface area contributed by atoms with E-state index in [0.29, 0.717) is 11.7 Å². The monoisotopic (exact) mass is 470 g/mol. The summed E-state index contributed by atoms with van der Waals surface area (Å²) in [5.74, 6) is 1.78. The number of rotatable bonds is 6. The molecule has 0 spiro atoms. The van der Waals surface area contributed by atoms with Crippen molar-refractivity contribution in [3.63, 3.8) is 0 Å². The van der Waals surface area contributed by atoms with Gasteiger partial charge in [-0.15, -0.1) is 0 Å². The number of aromatic nitrogens is 2. The molecule has 1 unspecified atom stereocenters. The van der Waals surface area contributed by atoms with E-state index in [1.54, 1.807) is 7.11 Å². The van der Waals surface area contributed by atoms with Crippen LogP contribution in [0.15, 0.2) is 66.9 Å². The van der Waals surface area contributed by atoms with Crippen LogP contribution in [0.5, 0.6) is 5.75 Å². The number of nitrogens with zero attached hydrogens (tertiary/aromatic N) is 4. The first-order valence-electron chi connectivity index (χ1n) is 12.6. The van der Waals surface area contributed by atoms with Crippen molar-refractivity contribution in [1.29, 1.82) is 0 Å². The van der Waals surface area contributed by atoms with Gasteiger partial charge in [0.2, 0.25) is 5.91 Å². The lowest BCUT2D eigenvalue weighted by atomic mass is 9.72. The summed E-state index contributed by atoms with van der Waals surface area (Å²) in [6.07, 6.45) is 6.33. The largest absolute Gasteiger partial charge is 0.497 e. The van der Waals surface area contributed by atoms with Crippen molar-refractivity contribution in [2.24, 2.45) is 5.41 Å². The molecule has 6 nitrogen and oxygen atoms in total. The van der Waals surface area contributed by atoms with Crippen molar-refractivity contribution >= 4 is 5.91 Å². The van der Waals surface area contributed by atoms with Crippen LogP contribution in [0, 0.1) is 5.41 Å². The first-order valence-corrected chi connectivity index (χ1v) is 12.6. The lowest BCUT2D eigenvalue weighted by Gasteiger charge is -2.43. The lowest BCUT2D eigenvalue weighted by molar-refractivity contribution is -0.146. The van der Waals surface area contributed by atoms with Gasteiger partial charge < -0.3 is 14.5 Å². The molecule has 1 amide bonds. The predicted molar refractivity (Wildman–Crippen MR) is 137 cm³/mol. The Labute approximate surface area is 208 Å². The zero-order chi connectivity index (χ0) is 24.3. The Bertz CT molecular complexity index is 1140. The minimum Gasteiger partial charge on any atom is -0.497 e. The summed E-state index contributed by atoms with van der Waals surface area (Å²) in [5.41, 5.74) is 2.76. The Balaban J connectivity index is 1.42. The van der Waals surface area contributed by atoms with Crippen LogP contribution in [-0.4, -0.2) is 59.5 Å². The molecule has 0 bridgehead atoms. The van der Waals surface area contributed by atoms with E-state index in [1.165, 1.54) is 5.56 Å². The number of likely N-dealkylation sites (tertiary alicyclic amines) is 2. The molecule has 2 aliphatic heterocycles. The highest BCUT2D eigenvalue weighted by molar-refractivity contribution is 5.84. The normalized spacial score (nSPS) is 20.1. The smallest absolute Gasteiger partial charge is 0.229 e. The van der Waals surface area contributed by atoms with Gasteiger partial charge in [0.15, 0.2) is 5.82 Å². The maximum Gasteiger partial charge on any atom is 0.229 e. The van der Waals surface area contributed by atoms with Gasteiger partial charge in [-0.05, 0) is 88.1 Å². The third kappa shape index (κ3) is 4.94. The number of hydrogen-bond donors (Lipinski definition) is 0. The van der Waals surface area contributed by atoms with Crippen LogP contribution >= 0.6 is 0 Å². The summed E-state index contributed by atoms with van der Waals surface area (Å²) in [5, 5.41) is 0. The molecule has 1 atom stereocenters. The Morgan fingerprint density at radius 1 is 1.03 bits per heavy atom. The maximum atomic E-state index is 14.3. The fraction of sp³-hybridized carbons (Fsp3) is 0.414. The van der Waals surface area contributed by atoms with Crippen LogP contribution in [0.2, 0.25) is 0 Å². The summed E-state index contributed by atoms with van der Waals surface area (Å²) >= 11 is 0. The van der Waals surface area contributed by atoms with Crippen LogP contribution in [0.4, 0.5) is 0 Å². The van der Waals surface area contributed by atoms with Crippen molar-refractivity contribution < 1.29 is 9.53 Å². The van der Waals surface area contributed by atoms with Crippen LogP contribution in [0.25, 0.3) is 11.4 Å². The summed E-state index contributed by atoms with van der Waals surface area (Å²) < 4.78 is 5.28. The van der Waals surface area contributed by atoms with Gasteiger partial charge >= 0.3 is 0 Å². The van der Waals surface area contributed by atoms with E-state index in [9.17, 15) is 4.79 Å². The third-order valence-electron chi connectivity index (χ3n) is 7.66. The number of hydrogen-bond acceptors (Lipinski definition) is 5. The number of piperidine rings is 1. The number of benzene rings is 2. The zero-order valence-electron chi connectivity index (χ0n) is 20.7. The second-order valence-electron chi connectivity index (χ2n) is 9.94. The van der Waals surface area contributed by atoms with Gasteiger partial charge in [0.1, 0.15) is 5.75 Å². The SMILES string of the molecule is COc1ccc(-c2nccc(C3CCCN3C(=O)C3(Cc4ccccc4)CCN(C)CC3)n2)cc1. The minimum atomic E-state index is -0.359. The number of carbonyl (C=O) groups excluding carboxylic acids is 1. The molecular weight excluding hydrogens is 436 g/mol. The van der Waals surface area contributed by atoms with Gasteiger partial charge in [0.25, 0.3) is 0 Å². The van der Waals surface area contributed by atoms with Gasteiger partial charge in [0, 0.05) is 18.3 Å². The first kappa shape index (κ1) is 23.5. The van der Waals surface area contributed by atoms with Gasteiger partial charge in [-0.1, -0.05) is 30.3 Å². The fourth-order valence-corrected chi connectivity index (χ4v) is 5.56. The molecule has 2 fully saturated rings. The average Bonchev–Trinajstić information content (AvgIpc) is 3.40. The molecule has 6 heteroatoms. The van der Waals surface area contributed by atoms with Crippen LogP contribution in [-0.2, 0) is 11.2 Å². The topological polar surface area (TPSA) is 58.6 Å². The molecule has 0 saturated carbocycles. The first-order chi connectivity index (χ1) is 17.1. The molecule has 0 N–H and O–H groups in total. The molecule has 182 valence electrons. The highest BCUT2D eigenvalue weighted by Crippen LogP contribution is 2.42. The molecular formula is C29H34N4O2. The molecule has 0 aliphatic carbocycles. The van der Waals surface area contributed by atoms with E-state index in [2.05, 4.69) is 46.1 Å². The average molecular weight is 471 g/mol. The molecule has 2 aliphatic rings. The summed E-state index contributed by atoms with van der Waals surface area (Å²) in [7, 11) is 3.81. The second-order valence-corrected chi connectivity index (χ2v) is 9.94. The van der Waals surface area contributed by atoms with E-state index in [0.717, 1.165) is 68.7 Å². The van der Waals surface area contributed by atoms with Crippen molar-refractivity contribution in [3.05, 3.63) is 78.1 Å². The fourth-order valence-electron chi connectivity index (χ4n) is 5.56. The van der Waals surface area contributed by atoms with E-state index in [1.807, 2.05) is 42.6 Å². The third-order valence-corrected chi connectivity index (χ3v) is 7.66. The molecule has 3 aromatic rings. The standard InChI is InChI=1S/C29H34N4O2/c1-32-19-15-29(16-20-32,21-22-7-4-3-5-8-22)28(34)33-18-6-9-26(33)25-14-17-30-27(31-25)23-10-12-24(35-2)13-11-23/h3-5,7-8,10-14,17,26H,6,9,15-16,18-21H2,1-2H3. The van der Waals surface area contributed by atoms with Gasteiger partial charge in [-0.3, -0.25) is 4.79 Å². The zero-order valence-corrected chi connectivity index (χ0v) is 20.7. The van der Waals surface area contributed by atoms with Crippen molar-refractivity contribution in [1.82, 2.24) is 19.8 Å². The number of amides is 1. The summed E-state index contributed by atoms with van der Waals surface area (Å²) in [6, 6.07) is 20.3. The van der Waals surface area contributed by atoms with Crippen LogP contribution < -0.4 is 4.74 Å². The number of methoxy groups -OCH3 is 1. The second kappa shape index (κ2) is 10.2. The lowest BCUT2D eigenvalue weighted by Crippen LogP contribution is -2.50.